The summed E-state index contributed by atoms with van der Waals surface area (Å²) in [4.78, 5) is 25.0. The van der Waals surface area contributed by atoms with Gasteiger partial charge in [-0.3, -0.25) is 9.69 Å². The van der Waals surface area contributed by atoms with Crippen LogP contribution in [0.15, 0.2) is 41.3 Å². The van der Waals surface area contributed by atoms with Gasteiger partial charge in [-0.25, -0.2) is 9.97 Å². The number of amides is 1. The van der Waals surface area contributed by atoms with Crippen molar-refractivity contribution in [1.29, 1.82) is 0 Å². The minimum Gasteiger partial charge on any atom is -0.469 e. The predicted octanol–water partition coefficient (Wildman–Crippen LogP) is 1.33. The molecular weight excluding hydrogens is 318 g/mol. The van der Waals surface area contributed by atoms with Gasteiger partial charge >= 0.3 is 0 Å². The van der Waals surface area contributed by atoms with E-state index in [0.717, 1.165) is 57.4 Å². The smallest absolute Gasteiger partial charge is 0.225 e. The Morgan fingerprint density at radius 1 is 1.16 bits per heavy atom. The largest absolute Gasteiger partial charge is 0.469 e. The maximum absolute atomic E-state index is 11.8. The Kier molecular flexibility index (Phi) is 6.39. The number of nitrogens with one attached hydrogen (secondary N) is 1. The van der Waals surface area contributed by atoms with Crippen LogP contribution in [0, 0.1) is 0 Å². The highest BCUT2D eigenvalue weighted by Crippen LogP contribution is 2.09. The van der Waals surface area contributed by atoms with Crippen LogP contribution in [0.25, 0.3) is 0 Å². The van der Waals surface area contributed by atoms with E-state index in [0.29, 0.717) is 12.8 Å². The quantitative estimate of drug-likeness (QED) is 0.729. The lowest BCUT2D eigenvalue weighted by Crippen LogP contribution is -2.47. The van der Waals surface area contributed by atoms with Gasteiger partial charge in [-0.15, -0.1) is 0 Å². The van der Waals surface area contributed by atoms with Crippen molar-refractivity contribution < 1.29 is 9.21 Å². The lowest BCUT2D eigenvalue weighted by molar-refractivity contribution is -0.121. The number of aryl methyl sites for hydroxylation is 1. The maximum Gasteiger partial charge on any atom is 0.225 e. The van der Waals surface area contributed by atoms with Crippen LogP contribution < -0.4 is 10.2 Å². The van der Waals surface area contributed by atoms with E-state index in [-0.39, 0.29) is 5.91 Å². The SMILES string of the molecule is O=C(CCc1ccco1)NCCCN1CCN(c2ncccn2)CC1. The number of carbonyl (C=O) groups excluding carboxylic acids is 1. The summed E-state index contributed by atoms with van der Waals surface area (Å²) in [5.74, 6) is 1.75. The highest BCUT2D eigenvalue weighted by atomic mass is 16.3. The molecule has 7 heteroatoms. The standard InChI is InChI=1S/C18H25N5O2/c24-17(6-5-16-4-1-15-25-16)19-9-3-10-22-11-13-23(14-12-22)18-20-7-2-8-21-18/h1-2,4,7-8,15H,3,5-6,9-14H2,(H,19,24). The number of hydrogen-bond donors (Lipinski definition) is 1. The van der Waals surface area contributed by atoms with Gasteiger partial charge in [0.1, 0.15) is 5.76 Å². The zero-order valence-electron chi connectivity index (χ0n) is 14.4. The molecule has 134 valence electrons. The van der Waals surface area contributed by atoms with Crippen LogP contribution >= 0.6 is 0 Å². The van der Waals surface area contributed by atoms with E-state index in [1.54, 1.807) is 18.7 Å². The molecule has 0 saturated carbocycles. The van der Waals surface area contributed by atoms with Crippen LogP contribution in [0.2, 0.25) is 0 Å². The van der Waals surface area contributed by atoms with Gasteiger partial charge in [0.15, 0.2) is 0 Å². The molecule has 0 aromatic carbocycles. The van der Waals surface area contributed by atoms with E-state index in [1.165, 1.54) is 0 Å². The monoisotopic (exact) mass is 343 g/mol. The molecule has 0 atom stereocenters. The summed E-state index contributed by atoms with van der Waals surface area (Å²) in [6.45, 7) is 5.62. The summed E-state index contributed by atoms with van der Waals surface area (Å²) in [6.07, 6.45) is 7.30. The first-order valence-electron chi connectivity index (χ1n) is 8.84. The van der Waals surface area contributed by atoms with E-state index in [2.05, 4.69) is 25.1 Å². The van der Waals surface area contributed by atoms with Gasteiger partial charge in [-0.2, -0.15) is 0 Å². The van der Waals surface area contributed by atoms with Crippen molar-refractivity contribution in [1.82, 2.24) is 20.2 Å². The fraction of sp³-hybridized carbons (Fsp3) is 0.500. The van der Waals surface area contributed by atoms with E-state index < -0.39 is 0 Å². The molecule has 7 nitrogen and oxygen atoms in total. The third-order valence-corrected chi connectivity index (χ3v) is 4.36. The van der Waals surface area contributed by atoms with E-state index in [9.17, 15) is 4.79 Å². The Morgan fingerprint density at radius 2 is 1.96 bits per heavy atom. The summed E-state index contributed by atoms with van der Waals surface area (Å²) in [5, 5.41) is 2.98. The fourth-order valence-electron chi connectivity index (χ4n) is 2.94. The average molecular weight is 343 g/mol. The van der Waals surface area contributed by atoms with Crippen molar-refractivity contribution in [2.75, 3.05) is 44.2 Å². The summed E-state index contributed by atoms with van der Waals surface area (Å²) in [7, 11) is 0. The molecule has 0 spiro atoms. The van der Waals surface area contributed by atoms with Gasteiger partial charge in [-0.1, -0.05) is 0 Å². The van der Waals surface area contributed by atoms with E-state index in [4.69, 9.17) is 4.42 Å². The normalized spacial score (nSPS) is 15.3. The Morgan fingerprint density at radius 3 is 2.68 bits per heavy atom. The number of rotatable bonds is 8. The Balaban J connectivity index is 1.26. The fourth-order valence-corrected chi connectivity index (χ4v) is 2.94. The second-order valence-electron chi connectivity index (χ2n) is 6.16. The van der Waals surface area contributed by atoms with Crippen molar-refractivity contribution in [3.63, 3.8) is 0 Å². The summed E-state index contributed by atoms with van der Waals surface area (Å²) < 4.78 is 5.23. The van der Waals surface area contributed by atoms with Crippen molar-refractivity contribution in [2.24, 2.45) is 0 Å². The van der Waals surface area contributed by atoms with Crippen molar-refractivity contribution in [2.45, 2.75) is 19.3 Å². The number of piperazine rings is 1. The third-order valence-electron chi connectivity index (χ3n) is 4.36. The first-order valence-corrected chi connectivity index (χ1v) is 8.84. The average Bonchev–Trinajstić information content (AvgIpc) is 3.18. The van der Waals surface area contributed by atoms with Gasteiger partial charge in [-0.05, 0) is 31.2 Å². The molecular formula is C18H25N5O2. The van der Waals surface area contributed by atoms with Crippen molar-refractivity contribution in [3.8, 4) is 0 Å². The summed E-state index contributed by atoms with van der Waals surface area (Å²) in [5.41, 5.74) is 0. The molecule has 0 radical (unpaired) electrons. The molecule has 0 unspecified atom stereocenters. The van der Waals surface area contributed by atoms with Crippen LogP contribution in [-0.4, -0.2) is 60.0 Å². The molecule has 25 heavy (non-hydrogen) atoms. The zero-order valence-corrected chi connectivity index (χ0v) is 14.4. The molecule has 1 fully saturated rings. The number of furan rings is 1. The molecule has 1 saturated heterocycles. The van der Waals surface area contributed by atoms with Gasteiger partial charge in [0, 0.05) is 58.0 Å². The molecule has 2 aromatic heterocycles. The lowest BCUT2D eigenvalue weighted by Gasteiger charge is -2.34. The molecule has 1 aliphatic rings. The Bertz CT molecular complexity index is 624. The van der Waals surface area contributed by atoms with Crippen LogP contribution in [0.4, 0.5) is 5.95 Å². The number of nitrogens with zero attached hydrogens (tertiary/aromatic N) is 4. The highest BCUT2D eigenvalue weighted by Gasteiger charge is 2.18. The van der Waals surface area contributed by atoms with E-state index in [1.807, 2.05) is 18.2 Å². The van der Waals surface area contributed by atoms with Crippen molar-refractivity contribution in [3.05, 3.63) is 42.6 Å². The lowest BCUT2D eigenvalue weighted by atomic mass is 10.2. The number of anilines is 1. The zero-order chi connectivity index (χ0) is 17.3. The van der Waals surface area contributed by atoms with Crippen LogP contribution in [0.3, 0.4) is 0 Å². The number of hydrogen-bond acceptors (Lipinski definition) is 6. The minimum absolute atomic E-state index is 0.0856. The summed E-state index contributed by atoms with van der Waals surface area (Å²) >= 11 is 0. The molecule has 1 N–H and O–H groups in total. The first kappa shape index (κ1) is 17.4. The minimum atomic E-state index is 0.0856. The maximum atomic E-state index is 11.8. The van der Waals surface area contributed by atoms with Crippen LogP contribution in [0.5, 0.6) is 0 Å². The number of aromatic nitrogens is 2. The third kappa shape index (κ3) is 5.56. The van der Waals surface area contributed by atoms with E-state index >= 15 is 0 Å². The van der Waals surface area contributed by atoms with Crippen LogP contribution in [0.1, 0.15) is 18.6 Å². The number of carbonyl (C=O) groups is 1. The second-order valence-corrected chi connectivity index (χ2v) is 6.16. The van der Waals surface area contributed by atoms with Gasteiger partial charge in [0.2, 0.25) is 11.9 Å². The Hall–Kier alpha value is -2.41. The topological polar surface area (TPSA) is 74.5 Å². The van der Waals surface area contributed by atoms with Crippen molar-refractivity contribution >= 4 is 11.9 Å². The second kappa shape index (κ2) is 9.17. The molecule has 0 bridgehead atoms. The molecule has 3 heterocycles. The molecule has 1 aliphatic heterocycles. The van der Waals surface area contributed by atoms with Gasteiger partial charge in [0.25, 0.3) is 0 Å². The molecule has 0 aliphatic carbocycles. The summed E-state index contributed by atoms with van der Waals surface area (Å²) in [6, 6.07) is 5.58. The van der Waals surface area contributed by atoms with Gasteiger partial charge in [0.05, 0.1) is 6.26 Å². The molecule has 1 amide bonds. The van der Waals surface area contributed by atoms with Gasteiger partial charge < -0.3 is 14.6 Å². The highest BCUT2D eigenvalue weighted by molar-refractivity contribution is 5.76. The Labute approximate surface area is 148 Å². The molecule has 2 aromatic rings. The molecule has 3 rings (SSSR count). The predicted molar refractivity (Wildman–Crippen MR) is 95.3 cm³/mol. The first-order chi connectivity index (χ1) is 12.3. The van der Waals surface area contributed by atoms with Crippen LogP contribution in [-0.2, 0) is 11.2 Å².